The molecule has 2 atom stereocenters. The Hall–Kier alpha value is -2.32. The number of alkyl carbamates (subject to hydrolysis) is 1. The highest BCUT2D eigenvalue weighted by Crippen LogP contribution is 2.07. The van der Waals surface area contributed by atoms with Crippen molar-refractivity contribution in [2.24, 2.45) is 0 Å². The van der Waals surface area contributed by atoms with Crippen molar-refractivity contribution in [2.45, 2.75) is 77.8 Å². The van der Waals surface area contributed by atoms with Crippen molar-refractivity contribution in [3.8, 4) is 0 Å². The minimum absolute atomic E-state index is 0.0136. The van der Waals surface area contributed by atoms with Gasteiger partial charge < -0.3 is 26.0 Å². The van der Waals surface area contributed by atoms with Gasteiger partial charge in [-0.1, -0.05) is 33.1 Å². The van der Waals surface area contributed by atoms with E-state index in [-0.39, 0.29) is 31.3 Å². The maximum Gasteiger partial charge on any atom is 0.407 e. The van der Waals surface area contributed by atoms with Crippen LogP contribution in [0.5, 0.6) is 0 Å². The van der Waals surface area contributed by atoms with Crippen LogP contribution in [0.25, 0.3) is 0 Å². The van der Waals surface area contributed by atoms with Crippen LogP contribution in [0.2, 0.25) is 0 Å². The molecule has 0 radical (unpaired) electrons. The molecule has 2 unspecified atom stereocenters. The van der Waals surface area contributed by atoms with Crippen LogP contribution in [-0.2, 0) is 19.1 Å². The van der Waals surface area contributed by atoms with E-state index in [1.165, 1.54) is 7.05 Å². The molecule has 9 heteroatoms. The third-order valence-corrected chi connectivity index (χ3v) is 4.04. The number of ether oxygens (including phenoxy) is 1. The van der Waals surface area contributed by atoms with Crippen LogP contribution in [0.1, 0.15) is 65.7 Å². The fourth-order valence-corrected chi connectivity index (χ4v) is 2.54. The molecule has 28 heavy (non-hydrogen) atoms. The Labute approximate surface area is 167 Å². The lowest BCUT2D eigenvalue weighted by atomic mass is 10.1. The molecule has 0 saturated carbocycles. The predicted molar refractivity (Wildman–Crippen MR) is 107 cm³/mol. The first kappa shape index (κ1) is 25.7. The summed E-state index contributed by atoms with van der Waals surface area (Å²) in [5, 5.41) is 10.5. The Morgan fingerprint density at radius 3 is 2.14 bits per heavy atom. The molecule has 162 valence electrons. The van der Waals surface area contributed by atoms with E-state index in [9.17, 15) is 19.2 Å². The molecule has 0 bridgehead atoms. The third kappa shape index (κ3) is 12.1. The zero-order valence-electron chi connectivity index (χ0n) is 17.6. The summed E-state index contributed by atoms with van der Waals surface area (Å²) >= 11 is 0. The first-order valence-corrected chi connectivity index (χ1v) is 10.1. The largest absolute Gasteiger partial charge is 0.450 e. The van der Waals surface area contributed by atoms with Crippen molar-refractivity contribution in [1.29, 1.82) is 0 Å². The van der Waals surface area contributed by atoms with Gasteiger partial charge in [0.05, 0.1) is 6.61 Å². The second kappa shape index (κ2) is 15.7. The molecule has 9 nitrogen and oxygen atoms in total. The van der Waals surface area contributed by atoms with E-state index in [1.807, 2.05) is 13.8 Å². The number of hydrogen-bond acceptors (Lipinski definition) is 5. The number of rotatable bonds is 14. The SMILES string of the molecule is CCCCCC(NC(=O)OCC)C(=O)NC(CC(=O)NC)CC(=O)NCCC. The highest BCUT2D eigenvalue weighted by Gasteiger charge is 2.25. The van der Waals surface area contributed by atoms with Crippen molar-refractivity contribution < 1.29 is 23.9 Å². The molecule has 0 heterocycles. The van der Waals surface area contributed by atoms with Crippen molar-refractivity contribution in [3.63, 3.8) is 0 Å². The van der Waals surface area contributed by atoms with Crippen molar-refractivity contribution in [2.75, 3.05) is 20.2 Å². The number of carbonyl (C=O) groups excluding carboxylic acids is 4. The number of nitrogens with one attached hydrogen (secondary N) is 4. The zero-order chi connectivity index (χ0) is 21.4. The van der Waals surface area contributed by atoms with Gasteiger partial charge in [-0.3, -0.25) is 14.4 Å². The molecule has 4 N–H and O–H groups in total. The summed E-state index contributed by atoms with van der Waals surface area (Å²) in [5.74, 6) is -0.951. The van der Waals surface area contributed by atoms with Crippen LogP contribution >= 0.6 is 0 Å². The first-order valence-electron chi connectivity index (χ1n) is 10.1. The topological polar surface area (TPSA) is 126 Å². The van der Waals surface area contributed by atoms with E-state index in [0.717, 1.165) is 25.7 Å². The smallest absolute Gasteiger partial charge is 0.407 e. The maximum absolute atomic E-state index is 12.7. The van der Waals surface area contributed by atoms with Crippen LogP contribution in [0.3, 0.4) is 0 Å². The summed E-state index contributed by atoms with van der Waals surface area (Å²) in [4.78, 5) is 48.2. The Morgan fingerprint density at radius 2 is 1.57 bits per heavy atom. The lowest BCUT2D eigenvalue weighted by Gasteiger charge is -2.23. The monoisotopic (exact) mass is 400 g/mol. The van der Waals surface area contributed by atoms with Gasteiger partial charge in [-0.2, -0.15) is 0 Å². The van der Waals surface area contributed by atoms with Gasteiger partial charge >= 0.3 is 6.09 Å². The second-order valence-corrected chi connectivity index (χ2v) is 6.55. The molecule has 0 aliphatic carbocycles. The minimum Gasteiger partial charge on any atom is -0.450 e. The van der Waals surface area contributed by atoms with E-state index in [1.54, 1.807) is 6.92 Å². The molecule has 0 fully saturated rings. The van der Waals surface area contributed by atoms with E-state index >= 15 is 0 Å². The van der Waals surface area contributed by atoms with E-state index < -0.39 is 24.1 Å². The highest BCUT2D eigenvalue weighted by molar-refractivity contribution is 5.87. The maximum atomic E-state index is 12.7. The zero-order valence-corrected chi connectivity index (χ0v) is 17.6. The average molecular weight is 401 g/mol. The van der Waals surface area contributed by atoms with E-state index in [0.29, 0.717) is 13.0 Å². The molecule has 0 aliphatic rings. The molecular weight excluding hydrogens is 364 g/mol. The van der Waals surface area contributed by atoms with Crippen LogP contribution in [0.4, 0.5) is 4.79 Å². The van der Waals surface area contributed by atoms with Gasteiger partial charge in [-0.05, 0) is 19.8 Å². The molecular formula is C19H36N4O5. The summed E-state index contributed by atoms with van der Waals surface area (Å²) in [6, 6.07) is -1.45. The molecule has 0 aromatic carbocycles. The summed E-state index contributed by atoms with van der Waals surface area (Å²) in [6.07, 6.45) is 3.21. The fourth-order valence-electron chi connectivity index (χ4n) is 2.54. The lowest BCUT2D eigenvalue weighted by molar-refractivity contribution is -0.126. The lowest BCUT2D eigenvalue weighted by Crippen LogP contribution is -2.51. The Morgan fingerprint density at radius 1 is 0.893 bits per heavy atom. The standard InChI is InChI=1S/C19H36N4O5/c1-5-8-9-10-15(23-19(27)28-7-3)18(26)22-14(12-16(24)20-4)13-17(25)21-11-6-2/h14-15H,5-13H2,1-4H3,(H,20,24)(H,21,25)(H,22,26)(H,23,27). The number of amides is 4. The van der Waals surface area contributed by atoms with Crippen molar-refractivity contribution in [1.82, 2.24) is 21.3 Å². The minimum atomic E-state index is -0.781. The summed E-state index contributed by atoms with van der Waals surface area (Å²) < 4.78 is 4.87. The molecule has 0 saturated heterocycles. The van der Waals surface area contributed by atoms with Gasteiger partial charge in [0.1, 0.15) is 6.04 Å². The van der Waals surface area contributed by atoms with Crippen LogP contribution < -0.4 is 21.3 Å². The summed E-state index contributed by atoms with van der Waals surface area (Å²) in [5.41, 5.74) is 0. The highest BCUT2D eigenvalue weighted by atomic mass is 16.5. The van der Waals surface area contributed by atoms with Crippen molar-refractivity contribution in [3.05, 3.63) is 0 Å². The first-order chi connectivity index (χ1) is 13.4. The van der Waals surface area contributed by atoms with E-state index in [4.69, 9.17) is 4.74 Å². The molecule has 4 amide bonds. The van der Waals surface area contributed by atoms with Crippen molar-refractivity contribution >= 4 is 23.8 Å². The Balaban J connectivity index is 5.03. The van der Waals surface area contributed by atoms with E-state index in [2.05, 4.69) is 21.3 Å². The number of hydrogen-bond donors (Lipinski definition) is 4. The Bertz CT molecular complexity index is 499. The van der Waals surface area contributed by atoms with Gasteiger partial charge in [0.2, 0.25) is 17.7 Å². The summed E-state index contributed by atoms with van der Waals surface area (Å²) in [6.45, 7) is 6.39. The van der Waals surface area contributed by atoms with Crippen LogP contribution in [0.15, 0.2) is 0 Å². The van der Waals surface area contributed by atoms with Crippen LogP contribution in [-0.4, -0.2) is 56.1 Å². The quantitative estimate of drug-likeness (QED) is 0.326. The average Bonchev–Trinajstić information content (AvgIpc) is 2.65. The molecule has 0 aliphatic heterocycles. The molecule has 0 aromatic rings. The number of unbranched alkanes of at least 4 members (excludes halogenated alkanes) is 2. The fraction of sp³-hybridized carbons (Fsp3) is 0.789. The van der Waals surface area contributed by atoms with Crippen LogP contribution in [0, 0.1) is 0 Å². The molecule has 0 aromatic heterocycles. The van der Waals surface area contributed by atoms with Gasteiger partial charge in [0.25, 0.3) is 0 Å². The van der Waals surface area contributed by atoms with Gasteiger partial charge in [0.15, 0.2) is 0 Å². The Kier molecular flexibility index (Phi) is 14.4. The molecule has 0 spiro atoms. The van der Waals surface area contributed by atoms with Gasteiger partial charge in [-0.15, -0.1) is 0 Å². The predicted octanol–water partition coefficient (Wildman–Crippen LogP) is 1.22. The second-order valence-electron chi connectivity index (χ2n) is 6.55. The molecule has 0 rings (SSSR count). The summed E-state index contributed by atoms with van der Waals surface area (Å²) in [7, 11) is 1.49. The third-order valence-electron chi connectivity index (χ3n) is 4.04. The number of carbonyl (C=O) groups is 4. The van der Waals surface area contributed by atoms with Gasteiger partial charge in [-0.25, -0.2) is 4.79 Å². The normalized spacial score (nSPS) is 12.4. The van der Waals surface area contributed by atoms with Gasteiger partial charge in [0, 0.05) is 32.5 Å².